The van der Waals surface area contributed by atoms with Gasteiger partial charge in [0.05, 0.1) is 6.61 Å². The van der Waals surface area contributed by atoms with E-state index in [2.05, 4.69) is 35.6 Å². The average Bonchev–Trinajstić information content (AvgIpc) is 2.81. The molecule has 0 saturated carbocycles. The van der Waals surface area contributed by atoms with Crippen molar-refractivity contribution in [3.05, 3.63) is 21.9 Å². The van der Waals surface area contributed by atoms with E-state index in [1.807, 2.05) is 11.3 Å². The predicted molar refractivity (Wildman–Crippen MR) is 81.8 cm³/mol. The van der Waals surface area contributed by atoms with E-state index in [9.17, 15) is 0 Å². The summed E-state index contributed by atoms with van der Waals surface area (Å²) in [6.07, 6.45) is 2.56. The number of hydrogen-bond donors (Lipinski definition) is 1. The molecule has 0 spiro atoms. The molecule has 0 bridgehead atoms. The van der Waals surface area contributed by atoms with Crippen LogP contribution in [0.25, 0.3) is 0 Å². The summed E-state index contributed by atoms with van der Waals surface area (Å²) in [6, 6.07) is 2.19. The molecule has 108 valence electrons. The zero-order chi connectivity index (χ0) is 13.5. The number of likely N-dealkylation sites (N-methyl/N-ethyl adjacent to an activating group) is 1. The number of thiophene rings is 1. The summed E-state index contributed by atoms with van der Waals surface area (Å²) in [5.74, 6) is 0.735. The van der Waals surface area contributed by atoms with E-state index in [1.54, 1.807) is 0 Å². The van der Waals surface area contributed by atoms with Crippen LogP contribution in [-0.4, -0.2) is 44.8 Å². The maximum Gasteiger partial charge on any atom is 0.0506 e. The topological polar surface area (TPSA) is 24.5 Å². The summed E-state index contributed by atoms with van der Waals surface area (Å²) in [5, 5.41) is 5.70. The summed E-state index contributed by atoms with van der Waals surface area (Å²) in [6.45, 7) is 8.43. The SMILES string of the molecule is Cc1ccsc1CNCCN(C)CC1CCCOC1. The van der Waals surface area contributed by atoms with E-state index in [1.165, 1.54) is 29.8 Å². The van der Waals surface area contributed by atoms with Gasteiger partial charge in [-0.2, -0.15) is 0 Å². The smallest absolute Gasteiger partial charge is 0.0506 e. The lowest BCUT2D eigenvalue weighted by molar-refractivity contribution is 0.0422. The minimum atomic E-state index is 0.735. The van der Waals surface area contributed by atoms with E-state index in [0.29, 0.717) is 0 Å². The van der Waals surface area contributed by atoms with Crippen molar-refractivity contribution in [3.8, 4) is 0 Å². The molecule has 1 aromatic rings. The van der Waals surface area contributed by atoms with Gasteiger partial charge in [0.2, 0.25) is 0 Å². The van der Waals surface area contributed by atoms with E-state index < -0.39 is 0 Å². The fourth-order valence-corrected chi connectivity index (χ4v) is 3.42. The van der Waals surface area contributed by atoms with Crippen molar-refractivity contribution in [2.24, 2.45) is 5.92 Å². The lowest BCUT2D eigenvalue weighted by Crippen LogP contribution is -2.35. The molecule has 0 amide bonds. The Hall–Kier alpha value is -0.420. The van der Waals surface area contributed by atoms with Crippen LogP contribution in [0.4, 0.5) is 0 Å². The van der Waals surface area contributed by atoms with Gasteiger partial charge >= 0.3 is 0 Å². The van der Waals surface area contributed by atoms with Gasteiger partial charge in [-0.3, -0.25) is 0 Å². The van der Waals surface area contributed by atoms with E-state index in [4.69, 9.17) is 4.74 Å². The lowest BCUT2D eigenvalue weighted by Gasteiger charge is -2.27. The van der Waals surface area contributed by atoms with Crippen LogP contribution in [-0.2, 0) is 11.3 Å². The van der Waals surface area contributed by atoms with Gasteiger partial charge < -0.3 is 15.0 Å². The molecular weight excluding hydrogens is 256 g/mol. The molecule has 1 fully saturated rings. The van der Waals surface area contributed by atoms with Crippen molar-refractivity contribution in [1.29, 1.82) is 0 Å². The van der Waals surface area contributed by atoms with Crippen molar-refractivity contribution in [2.75, 3.05) is 39.9 Å². The summed E-state index contributed by atoms with van der Waals surface area (Å²) in [7, 11) is 2.21. The Balaban J connectivity index is 1.56. The normalized spacial score (nSPS) is 20.1. The number of nitrogens with one attached hydrogen (secondary N) is 1. The maximum absolute atomic E-state index is 5.53. The molecule has 19 heavy (non-hydrogen) atoms. The third-order valence-corrected chi connectivity index (χ3v) is 4.77. The van der Waals surface area contributed by atoms with Crippen LogP contribution < -0.4 is 5.32 Å². The molecule has 1 aliphatic heterocycles. The van der Waals surface area contributed by atoms with Gasteiger partial charge in [-0.05, 0) is 49.7 Å². The van der Waals surface area contributed by atoms with E-state index in [-0.39, 0.29) is 0 Å². The zero-order valence-corrected chi connectivity index (χ0v) is 13.0. The Kier molecular flexibility index (Phi) is 6.31. The highest BCUT2D eigenvalue weighted by molar-refractivity contribution is 7.10. The van der Waals surface area contributed by atoms with Gasteiger partial charge in [-0.15, -0.1) is 11.3 Å². The van der Waals surface area contributed by atoms with Crippen LogP contribution in [0, 0.1) is 12.8 Å². The molecular formula is C15H26N2OS. The van der Waals surface area contributed by atoms with Gasteiger partial charge in [-0.25, -0.2) is 0 Å². The molecule has 1 saturated heterocycles. The summed E-state index contributed by atoms with van der Waals surface area (Å²) in [4.78, 5) is 3.89. The van der Waals surface area contributed by atoms with Gasteiger partial charge in [-0.1, -0.05) is 0 Å². The first-order valence-corrected chi connectivity index (χ1v) is 8.13. The molecule has 0 aromatic carbocycles. The minimum absolute atomic E-state index is 0.735. The second kappa shape index (κ2) is 8.00. The van der Waals surface area contributed by atoms with Crippen LogP contribution in [0.15, 0.2) is 11.4 Å². The third-order valence-electron chi connectivity index (χ3n) is 3.75. The number of nitrogens with zero attached hydrogens (tertiary/aromatic N) is 1. The third kappa shape index (κ3) is 5.22. The largest absolute Gasteiger partial charge is 0.381 e. The van der Waals surface area contributed by atoms with Crippen molar-refractivity contribution < 1.29 is 4.74 Å². The highest BCUT2D eigenvalue weighted by Gasteiger charge is 2.15. The molecule has 0 aliphatic carbocycles. The molecule has 4 heteroatoms. The number of hydrogen-bond acceptors (Lipinski definition) is 4. The lowest BCUT2D eigenvalue weighted by atomic mass is 10.0. The van der Waals surface area contributed by atoms with Gasteiger partial charge in [0.1, 0.15) is 0 Å². The molecule has 1 atom stereocenters. The molecule has 2 rings (SSSR count). The van der Waals surface area contributed by atoms with Crippen LogP contribution in [0.1, 0.15) is 23.3 Å². The molecule has 2 heterocycles. The van der Waals surface area contributed by atoms with E-state index >= 15 is 0 Å². The molecule has 0 radical (unpaired) electrons. The number of aryl methyl sites for hydroxylation is 1. The first kappa shape index (κ1) is 15.0. The fraction of sp³-hybridized carbons (Fsp3) is 0.733. The monoisotopic (exact) mass is 282 g/mol. The molecule has 1 N–H and O–H groups in total. The fourth-order valence-electron chi connectivity index (χ4n) is 2.54. The highest BCUT2D eigenvalue weighted by Crippen LogP contribution is 2.15. The Morgan fingerprint density at radius 3 is 3.11 bits per heavy atom. The Bertz CT molecular complexity index is 361. The zero-order valence-electron chi connectivity index (χ0n) is 12.2. The quantitative estimate of drug-likeness (QED) is 0.778. The maximum atomic E-state index is 5.53. The number of rotatable bonds is 7. The average molecular weight is 282 g/mol. The van der Waals surface area contributed by atoms with Crippen LogP contribution in [0.5, 0.6) is 0 Å². The highest BCUT2D eigenvalue weighted by atomic mass is 32.1. The van der Waals surface area contributed by atoms with Crippen LogP contribution in [0.3, 0.4) is 0 Å². The Morgan fingerprint density at radius 1 is 1.53 bits per heavy atom. The van der Waals surface area contributed by atoms with Crippen molar-refractivity contribution >= 4 is 11.3 Å². The first-order valence-electron chi connectivity index (χ1n) is 7.25. The Labute approximate surface area is 121 Å². The van der Waals surface area contributed by atoms with Crippen molar-refractivity contribution in [1.82, 2.24) is 10.2 Å². The van der Waals surface area contributed by atoms with E-state index in [0.717, 1.165) is 38.8 Å². The summed E-state index contributed by atoms with van der Waals surface area (Å²) >= 11 is 1.84. The van der Waals surface area contributed by atoms with Gasteiger partial charge in [0.25, 0.3) is 0 Å². The van der Waals surface area contributed by atoms with Crippen LogP contribution in [0.2, 0.25) is 0 Å². The summed E-state index contributed by atoms with van der Waals surface area (Å²) < 4.78 is 5.53. The Morgan fingerprint density at radius 2 is 2.42 bits per heavy atom. The van der Waals surface area contributed by atoms with Gasteiger partial charge in [0, 0.05) is 37.7 Å². The van der Waals surface area contributed by atoms with Gasteiger partial charge in [0.15, 0.2) is 0 Å². The molecule has 1 unspecified atom stereocenters. The van der Waals surface area contributed by atoms with Crippen LogP contribution >= 0.6 is 11.3 Å². The second-order valence-corrected chi connectivity index (χ2v) is 6.55. The standard InChI is InChI=1S/C15H26N2OS/c1-13-5-9-19-15(13)10-16-6-7-17(2)11-14-4-3-8-18-12-14/h5,9,14,16H,3-4,6-8,10-12H2,1-2H3. The van der Waals surface area contributed by atoms with Crippen molar-refractivity contribution in [3.63, 3.8) is 0 Å². The number of ether oxygens (including phenoxy) is 1. The molecule has 3 nitrogen and oxygen atoms in total. The second-order valence-electron chi connectivity index (χ2n) is 5.55. The minimum Gasteiger partial charge on any atom is -0.381 e. The molecule has 1 aliphatic rings. The predicted octanol–water partition coefficient (Wildman–Crippen LogP) is 2.50. The van der Waals surface area contributed by atoms with Crippen molar-refractivity contribution in [2.45, 2.75) is 26.3 Å². The molecule has 1 aromatic heterocycles. The first-order chi connectivity index (χ1) is 9.25. The summed E-state index contributed by atoms with van der Waals surface area (Å²) in [5.41, 5.74) is 1.41.